The van der Waals surface area contributed by atoms with Crippen LogP contribution in [0.1, 0.15) is 13.3 Å². The van der Waals surface area contributed by atoms with E-state index in [1.165, 1.54) is 0 Å². The average Bonchev–Trinajstić information content (AvgIpc) is 1.65. The third kappa shape index (κ3) is 2.46. The van der Waals surface area contributed by atoms with Crippen molar-refractivity contribution in [2.45, 2.75) is 13.3 Å². The molecule has 0 bridgehead atoms. The first-order valence-corrected chi connectivity index (χ1v) is 4.38. The maximum atomic E-state index is 10.6. The SMILES string of the molecule is CCC(=NN)S(C)(=O)=O. The molecule has 0 aromatic heterocycles. The van der Waals surface area contributed by atoms with E-state index in [0.29, 0.717) is 6.42 Å². The van der Waals surface area contributed by atoms with E-state index < -0.39 is 9.84 Å². The van der Waals surface area contributed by atoms with Crippen LogP contribution in [0.25, 0.3) is 0 Å². The highest BCUT2D eigenvalue weighted by Crippen LogP contribution is 1.92. The molecule has 0 unspecified atom stereocenters. The summed E-state index contributed by atoms with van der Waals surface area (Å²) in [6.45, 7) is 1.69. The second-order valence-electron chi connectivity index (χ2n) is 1.65. The number of hydrazone groups is 1. The van der Waals surface area contributed by atoms with Crippen molar-refractivity contribution >= 4 is 14.9 Å². The number of hydrogen-bond donors (Lipinski definition) is 1. The topological polar surface area (TPSA) is 72.5 Å². The lowest BCUT2D eigenvalue weighted by atomic mass is 10.5. The maximum Gasteiger partial charge on any atom is 0.190 e. The molecule has 0 aliphatic rings. The fourth-order valence-electron chi connectivity index (χ4n) is 0.449. The fourth-order valence-corrected chi connectivity index (χ4v) is 1.17. The van der Waals surface area contributed by atoms with Gasteiger partial charge in [0.05, 0.1) is 0 Å². The summed E-state index contributed by atoms with van der Waals surface area (Å²) in [5.41, 5.74) is 0. The van der Waals surface area contributed by atoms with E-state index in [2.05, 4.69) is 5.10 Å². The van der Waals surface area contributed by atoms with Crippen LogP contribution in [0.2, 0.25) is 0 Å². The van der Waals surface area contributed by atoms with E-state index in [4.69, 9.17) is 5.84 Å². The molecule has 0 saturated heterocycles. The van der Waals surface area contributed by atoms with Crippen molar-refractivity contribution in [3.63, 3.8) is 0 Å². The number of sulfone groups is 1. The minimum atomic E-state index is -3.14. The summed E-state index contributed by atoms with van der Waals surface area (Å²) in [6, 6.07) is 0. The second kappa shape index (κ2) is 2.82. The Morgan fingerprint density at radius 1 is 1.67 bits per heavy atom. The van der Waals surface area contributed by atoms with Gasteiger partial charge in [-0.3, -0.25) is 0 Å². The standard InChI is InChI=1S/C4H10N2O2S/c1-3-4(6-5)9(2,7)8/h3,5H2,1-2H3. The van der Waals surface area contributed by atoms with Gasteiger partial charge < -0.3 is 5.84 Å². The van der Waals surface area contributed by atoms with Crippen LogP contribution in [-0.2, 0) is 9.84 Å². The lowest BCUT2D eigenvalue weighted by Crippen LogP contribution is -2.13. The van der Waals surface area contributed by atoms with Gasteiger partial charge in [0.2, 0.25) is 0 Å². The number of nitrogens with zero attached hydrogens (tertiary/aromatic N) is 1. The lowest BCUT2D eigenvalue weighted by Gasteiger charge is -1.94. The van der Waals surface area contributed by atoms with Crippen molar-refractivity contribution < 1.29 is 8.42 Å². The van der Waals surface area contributed by atoms with Crippen molar-refractivity contribution in [3.05, 3.63) is 0 Å². The van der Waals surface area contributed by atoms with E-state index in [0.717, 1.165) is 6.26 Å². The zero-order chi connectivity index (χ0) is 7.49. The molecule has 0 heterocycles. The fraction of sp³-hybridized carbons (Fsp3) is 0.750. The van der Waals surface area contributed by atoms with Gasteiger partial charge in [-0.1, -0.05) is 6.92 Å². The van der Waals surface area contributed by atoms with E-state index in [1.807, 2.05) is 0 Å². The highest BCUT2D eigenvalue weighted by molar-refractivity contribution is 8.05. The van der Waals surface area contributed by atoms with E-state index in [9.17, 15) is 8.42 Å². The van der Waals surface area contributed by atoms with Crippen molar-refractivity contribution in [1.29, 1.82) is 0 Å². The predicted molar refractivity (Wildman–Crippen MR) is 36.8 cm³/mol. The minimum Gasteiger partial charge on any atom is -0.322 e. The first-order valence-electron chi connectivity index (χ1n) is 2.49. The summed E-state index contributed by atoms with van der Waals surface area (Å²) in [5, 5.41) is 3.15. The minimum absolute atomic E-state index is 0.0440. The smallest absolute Gasteiger partial charge is 0.190 e. The largest absolute Gasteiger partial charge is 0.322 e. The number of hydrogen-bond acceptors (Lipinski definition) is 4. The summed E-state index contributed by atoms with van der Waals surface area (Å²) < 4.78 is 21.2. The second-order valence-corrected chi connectivity index (χ2v) is 3.66. The highest BCUT2D eigenvalue weighted by Gasteiger charge is 2.08. The summed E-state index contributed by atoms with van der Waals surface area (Å²) in [5.74, 6) is 4.78. The Labute approximate surface area is 54.7 Å². The Kier molecular flexibility index (Phi) is 2.64. The van der Waals surface area contributed by atoms with Gasteiger partial charge in [0.1, 0.15) is 0 Å². The van der Waals surface area contributed by atoms with Crippen molar-refractivity contribution in [2.75, 3.05) is 6.26 Å². The van der Waals surface area contributed by atoms with Crippen LogP contribution in [0.4, 0.5) is 0 Å². The Balaban J connectivity index is 4.56. The molecule has 0 atom stereocenters. The van der Waals surface area contributed by atoms with Crippen LogP contribution < -0.4 is 5.84 Å². The van der Waals surface area contributed by atoms with Crippen LogP contribution in [-0.4, -0.2) is 19.7 Å². The quantitative estimate of drug-likeness (QED) is 0.242. The van der Waals surface area contributed by atoms with Gasteiger partial charge in [0, 0.05) is 6.26 Å². The van der Waals surface area contributed by atoms with Crippen molar-refractivity contribution in [3.8, 4) is 0 Å². The molecule has 54 valence electrons. The van der Waals surface area contributed by atoms with Crippen molar-refractivity contribution in [2.24, 2.45) is 10.9 Å². The predicted octanol–water partition coefficient (Wildman–Crippen LogP) is -0.287. The molecule has 0 saturated carbocycles. The number of rotatable bonds is 1. The lowest BCUT2D eigenvalue weighted by molar-refractivity contribution is 0.611. The van der Waals surface area contributed by atoms with Gasteiger partial charge in [-0.15, -0.1) is 0 Å². The molecule has 9 heavy (non-hydrogen) atoms. The zero-order valence-electron chi connectivity index (χ0n) is 5.46. The van der Waals surface area contributed by atoms with E-state index in [1.54, 1.807) is 6.92 Å². The van der Waals surface area contributed by atoms with Gasteiger partial charge in [0.15, 0.2) is 14.9 Å². The van der Waals surface area contributed by atoms with Gasteiger partial charge >= 0.3 is 0 Å². The molecule has 0 rings (SSSR count). The van der Waals surface area contributed by atoms with Gasteiger partial charge in [-0.2, -0.15) is 5.10 Å². The molecule has 5 heteroatoms. The molecule has 0 amide bonds. The van der Waals surface area contributed by atoms with E-state index >= 15 is 0 Å². The van der Waals surface area contributed by atoms with Crippen LogP contribution in [0.15, 0.2) is 5.10 Å². The third-order valence-corrected chi connectivity index (χ3v) is 2.12. The first-order chi connectivity index (χ1) is 4.02. The van der Waals surface area contributed by atoms with E-state index in [-0.39, 0.29) is 5.04 Å². The van der Waals surface area contributed by atoms with Crippen LogP contribution in [0.3, 0.4) is 0 Å². The summed E-state index contributed by atoms with van der Waals surface area (Å²) in [4.78, 5) is 0. The Morgan fingerprint density at radius 2 is 2.11 bits per heavy atom. The van der Waals surface area contributed by atoms with Crippen LogP contribution in [0.5, 0.6) is 0 Å². The highest BCUT2D eigenvalue weighted by atomic mass is 32.2. The van der Waals surface area contributed by atoms with Gasteiger partial charge in [0.25, 0.3) is 0 Å². The van der Waals surface area contributed by atoms with Gasteiger partial charge in [-0.25, -0.2) is 8.42 Å². The molecule has 4 nitrogen and oxygen atoms in total. The van der Waals surface area contributed by atoms with Crippen LogP contribution >= 0.6 is 0 Å². The van der Waals surface area contributed by atoms with Gasteiger partial charge in [-0.05, 0) is 6.42 Å². The summed E-state index contributed by atoms with van der Waals surface area (Å²) in [7, 11) is -3.14. The normalized spacial score (nSPS) is 13.8. The zero-order valence-corrected chi connectivity index (χ0v) is 6.27. The molecule has 0 fully saturated rings. The molecular weight excluding hydrogens is 140 g/mol. The monoisotopic (exact) mass is 150 g/mol. The molecular formula is C4H10N2O2S. The molecule has 0 aromatic carbocycles. The molecule has 0 aromatic rings. The summed E-state index contributed by atoms with van der Waals surface area (Å²) >= 11 is 0. The Bertz CT molecular complexity index is 205. The molecule has 0 aliphatic carbocycles. The number of nitrogens with two attached hydrogens (primary N) is 1. The maximum absolute atomic E-state index is 10.6. The first kappa shape index (κ1) is 8.42. The Hall–Kier alpha value is -0.580. The van der Waals surface area contributed by atoms with Crippen molar-refractivity contribution in [1.82, 2.24) is 0 Å². The Morgan fingerprint density at radius 3 is 2.11 bits per heavy atom. The molecule has 2 N–H and O–H groups in total. The molecule has 0 spiro atoms. The summed E-state index contributed by atoms with van der Waals surface area (Å²) in [6.07, 6.45) is 1.44. The average molecular weight is 150 g/mol. The molecule has 0 radical (unpaired) electrons. The molecule has 0 aliphatic heterocycles. The van der Waals surface area contributed by atoms with Crippen LogP contribution in [0, 0.1) is 0 Å². The third-order valence-electron chi connectivity index (χ3n) is 0.874.